The maximum absolute atomic E-state index is 6.22. The number of piperidine rings is 1. The summed E-state index contributed by atoms with van der Waals surface area (Å²) in [7, 11) is 2.19. The SMILES string of the molecule is CN1CCC(=C2c3ccc(Cl)cc3COc3ccccc32)CC1. The molecule has 2 heterocycles. The van der Waals surface area contributed by atoms with Crippen molar-refractivity contribution in [1.29, 1.82) is 0 Å². The van der Waals surface area contributed by atoms with Gasteiger partial charge in [-0.2, -0.15) is 0 Å². The fourth-order valence-corrected chi connectivity index (χ4v) is 3.74. The van der Waals surface area contributed by atoms with Crippen molar-refractivity contribution < 1.29 is 4.74 Å². The summed E-state index contributed by atoms with van der Waals surface area (Å²) in [6.45, 7) is 2.80. The second kappa shape index (κ2) is 6.03. The molecule has 0 bridgehead atoms. The van der Waals surface area contributed by atoms with Crippen LogP contribution in [0.3, 0.4) is 0 Å². The van der Waals surface area contributed by atoms with Crippen molar-refractivity contribution in [2.24, 2.45) is 0 Å². The van der Waals surface area contributed by atoms with Crippen LogP contribution in [0.1, 0.15) is 29.5 Å². The van der Waals surface area contributed by atoms with Crippen LogP contribution >= 0.6 is 11.6 Å². The molecular formula is C20H20ClNO. The van der Waals surface area contributed by atoms with Crippen LogP contribution < -0.4 is 4.74 Å². The second-order valence-corrected chi connectivity index (χ2v) is 6.80. The molecule has 4 rings (SSSR count). The van der Waals surface area contributed by atoms with Crippen molar-refractivity contribution in [1.82, 2.24) is 4.90 Å². The molecule has 0 radical (unpaired) electrons. The molecule has 118 valence electrons. The minimum Gasteiger partial charge on any atom is -0.488 e. The van der Waals surface area contributed by atoms with Gasteiger partial charge in [-0.3, -0.25) is 0 Å². The fourth-order valence-electron chi connectivity index (χ4n) is 3.54. The maximum atomic E-state index is 6.22. The average Bonchev–Trinajstić information content (AvgIpc) is 2.72. The van der Waals surface area contributed by atoms with Gasteiger partial charge in [0.05, 0.1) is 0 Å². The third-order valence-corrected chi connectivity index (χ3v) is 5.06. The van der Waals surface area contributed by atoms with Crippen LogP contribution in [0.25, 0.3) is 5.57 Å². The zero-order chi connectivity index (χ0) is 15.8. The average molecular weight is 326 g/mol. The van der Waals surface area contributed by atoms with Crippen LogP contribution in [-0.4, -0.2) is 25.0 Å². The smallest absolute Gasteiger partial charge is 0.127 e. The lowest BCUT2D eigenvalue weighted by atomic mass is 9.86. The predicted molar refractivity (Wildman–Crippen MR) is 95.0 cm³/mol. The Hall–Kier alpha value is -1.77. The van der Waals surface area contributed by atoms with E-state index in [-0.39, 0.29) is 0 Å². The van der Waals surface area contributed by atoms with Gasteiger partial charge in [0.15, 0.2) is 0 Å². The Kier molecular flexibility index (Phi) is 3.88. The number of hydrogen-bond acceptors (Lipinski definition) is 2. The lowest BCUT2D eigenvalue weighted by molar-refractivity contribution is 0.307. The number of benzene rings is 2. The highest BCUT2D eigenvalue weighted by atomic mass is 35.5. The van der Waals surface area contributed by atoms with Crippen LogP contribution in [0.15, 0.2) is 48.0 Å². The van der Waals surface area contributed by atoms with Gasteiger partial charge in [-0.15, -0.1) is 0 Å². The molecule has 0 amide bonds. The van der Waals surface area contributed by atoms with Crippen LogP contribution in [0.5, 0.6) is 5.75 Å². The van der Waals surface area contributed by atoms with Gasteiger partial charge in [0, 0.05) is 23.7 Å². The van der Waals surface area contributed by atoms with E-state index in [1.807, 2.05) is 18.2 Å². The van der Waals surface area contributed by atoms with Gasteiger partial charge in [-0.05, 0) is 54.8 Å². The minimum atomic E-state index is 0.573. The van der Waals surface area contributed by atoms with Gasteiger partial charge in [-0.1, -0.05) is 41.4 Å². The second-order valence-electron chi connectivity index (χ2n) is 6.37. The first-order valence-corrected chi connectivity index (χ1v) is 8.52. The highest BCUT2D eigenvalue weighted by Gasteiger charge is 2.23. The number of nitrogens with zero attached hydrogens (tertiary/aromatic N) is 1. The van der Waals surface area contributed by atoms with E-state index in [1.165, 1.54) is 27.8 Å². The molecule has 2 aromatic carbocycles. The van der Waals surface area contributed by atoms with Gasteiger partial charge in [0.25, 0.3) is 0 Å². The Morgan fingerprint density at radius 3 is 2.61 bits per heavy atom. The number of rotatable bonds is 0. The number of likely N-dealkylation sites (tertiary alicyclic amines) is 1. The van der Waals surface area contributed by atoms with Crippen LogP contribution in [0.2, 0.25) is 5.02 Å². The summed E-state index contributed by atoms with van der Waals surface area (Å²) < 4.78 is 6.07. The molecule has 1 saturated heterocycles. The standard InChI is InChI=1S/C20H20ClNO/c1-22-10-8-14(9-11-22)20-17-7-6-16(21)12-15(17)13-23-19-5-3-2-4-18(19)20/h2-7,12H,8-11,13H2,1H3. The molecule has 3 heteroatoms. The summed E-state index contributed by atoms with van der Waals surface area (Å²) in [5, 5.41) is 0.769. The normalized spacial score (nSPS) is 18.0. The van der Waals surface area contributed by atoms with Gasteiger partial charge in [-0.25, -0.2) is 0 Å². The van der Waals surface area contributed by atoms with Gasteiger partial charge in [0.2, 0.25) is 0 Å². The van der Waals surface area contributed by atoms with E-state index in [1.54, 1.807) is 0 Å². The molecule has 1 fully saturated rings. The molecule has 0 spiro atoms. The molecule has 0 atom stereocenters. The van der Waals surface area contributed by atoms with E-state index >= 15 is 0 Å². The zero-order valence-electron chi connectivity index (χ0n) is 13.3. The number of fused-ring (bicyclic) bond motifs is 2. The number of ether oxygens (including phenoxy) is 1. The van der Waals surface area contributed by atoms with Crippen molar-refractivity contribution in [2.45, 2.75) is 19.4 Å². The van der Waals surface area contributed by atoms with Crippen LogP contribution in [-0.2, 0) is 6.61 Å². The minimum absolute atomic E-state index is 0.573. The van der Waals surface area contributed by atoms with E-state index in [0.717, 1.165) is 36.7 Å². The summed E-state index contributed by atoms with van der Waals surface area (Å²) in [4.78, 5) is 2.39. The van der Waals surface area contributed by atoms with Crippen molar-refractivity contribution in [3.63, 3.8) is 0 Å². The molecular weight excluding hydrogens is 306 g/mol. The summed E-state index contributed by atoms with van der Waals surface area (Å²) in [6.07, 6.45) is 2.23. The molecule has 23 heavy (non-hydrogen) atoms. The molecule has 0 N–H and O–H groups in total. The Morgan fingerprint density at radius 1 is 1.00 bits per heavy atom. The third kappa shape index (κ3) is 2.77. The molecule has 0 aromatic heterocycles. The van der Waals surface area contributed by atoms with Crippen LogP contribution in [0.4, 0.5) is 0 Å². The van der Waals surface area contributed by atoms with Crippen molar-refractivity contribution in [2.75, 3.05) is 20.1 Å². The summed E-state index contributed by atoms with van der Waals surface area (Å²) in [5.74, 6) is 0.973. The van der Waals surface area contributed by atoms with Gasteiger partial charge in [0.1, 0.15) is 12.4 Å². The Labute approximate surface area is 142 Å². The van der Waals surface area contributed by atoms with E-state index in [9.17, 15) is 0 Å². The van der Waals surface area contributed by atoms with Crippen molar-refractivity contribution >= 4 is 17.2 Å². The van der Waals surface area contributed by atoms with Gasteiger partial charge < -0.3 is 9.64 Å². The first-order valence-electron chi connectivity index (χ1n) is 8.14. The Bertz CT molecular complexity index is 771. The van der Waals surface area contributed by atoms with Crippen molar-refractivity contribution in [3.8, 4) is 5.75 Å². The quantitative estimate of drug-likeness (QED) is 0.692. The first-order chi connectivity index (χ1) is 11.2. The largest absolute Gasteiger partial charge is 0.488 e. The lowest BCUT2D eigenvalue weighted by Crippen LogP contribution is -2.27. The molecule has 2 aliphatic heterocycles. The predicted octanol–water partition coefficient (Wildman–Crippen LogP) is 4.76. The number of halogens is 1. The topological polar surface area (TPSA) is 12.5 Å². The zero-order valence-corrected chi connectivity index (χ0v) is 14.1. The Morgan fingerprint density at radius 2 is 1.78 bits per heavy atom. The van der Waals surface area contributed by atoms with Crippen LogP contribution in [0, 0.1) is 0 Å². The summed E-state index contributed by atoms with van der Waals surface area (Å²) in [6, 6.07) is 14.6. The summed E-state index contributed by atoms with van der Waals surface area (Å²) >= 11 is 6.22. The van der Waals surface area contributed by atoms with E-state index in [0.29, 0.717) is 6.61 Å². The highest BCUT2D eigenvalue weighted by Crippen LogP contribution is 2.41. The molecule has 0 aliphatic carbocycles. The number of para-hydroxylation sites is 1. The first kappa shape index (κ1) is 14.8. The summed E-state index contributed by atoms with van der Waals surface area (Å²) in [5.41, 5.74) is 6.56. The maximum Gasteiger partial charge on any atom is 0.127 e. The van der Waals surface area contributed by atoms with Crippen molar-refractivity contribution in [3.05, 3.63) is 69.8 Å². The molecule has 2 aliphatic rings. The highest BCUT2D eigenvalue weighted by molar-refractivity contribution is 6.30. The van der Waals surface area contributed by atoms with E-state index < -0.39 is 0 Å². The monoisotopic (exact) mass is 325 g/mol. The number of hydrogen-bond donors (Lipinski definition) is 0. The Balaban J connectivity index is 1.94. The lowest BCUT2D eigenvalue weighted by Gasteiger charge is -2.27. The van der Waals surface area contributed by atoms with E-state index in [4.69, 9.17) is 16.3 Å². The molecule has 2 nitrogen and oxygen atoms in total. The fraction of sp³-hybridized carbons (Fsp3) is 0.300. The third-order valence-electron chi connectivity index (χ3n) is 4.82. The molecule has 0 unspecified atom stereocenters. The molecule has 2 aromatic rings. The van der Waals surface area contributed by atoms with Gasteiger partial charge >= 0.3 is 0 Å². The molecule has 0 saturated carbocycles. The van der Waals surface area contributed by atoms with E-state index in [2.05, 4.69) is 36.2 Å².